The fourth-order valence-corrected chi connectivity index (χ4v) is 2.21. The van der Waals surface area contributed by atoms with E-state index >= 15 is 0 Å². The molecule has 1 aliphatic rings. The number of aromatic nitrogens is 2. The van der Waals surface area contributed by atoms with E-state index in [2.05, 4.69) is 15.6 Å². The van der Waals surface area contributed by atoms with Crippen LogP contribution in [0.1, 0.15) is 37.9 Å². The lowest BCUT2D eigenvalue weighted by atomic mass is 9.96. The van der Waals surface area contributed by atoms with Crippen molar-refractivity contribution in [2.75, 3.05) is 0 Å². The van der Waals surface area contributed by atoms with E-state index in [9.17, 15) is 4.79 Å². The summed E-state index contributed by atoms with van der Waals surface area (Å²) in [5, 5.41) is 5.85. The van der Waals surface area contributed by atoms with Crippen molar-refractivity contribution in [3.05, 3.63) is 18.2 Å². The third kappa shape index (κ3) is 3.47. The minimum Gasteiger partial charge on any atom is -0.337 e. The van der Waals surface area contributed by atoms with Gasteiger partial charge in [-0.1, -0.05) is 19.3 Å². The molecule has 0 spiro atoms. The van der Waals surface area contributed by atoms with Crippen molar-refractivity contribution >= 4 is 6.03 Å². The minimum atomic E-state index is -0.0834. The van der Waals surface area contributed by atoms with Crippen LogP contribution in [0, 0.1) is 0 Å². The molecule has 17 heavy (non-hydrogen) atoms. The molecule has 5 heteroatoms. The molecule has 0 unspecified atom stereocenters. The van der Waals surface area contributed by atoms with Crippen molar-refractivity contribution in [1.82, 2.24) is 20.2 Å². The van der Waals surface area contributed by atoms with E-state index in [0.717, 1.165) is 18.7 Å². The van der Waals surface area contributed by atoms with Gasteiger partial charge in [0.25, 0.3) is 0 Å². The zero-order valence-electron chi connectivity index (χ0n) is 10.3. The Balaban J connectivity index is 1.72. The molecule has 0 radical (unpaired) electrons. The quantitative estimate of drug-likeness (QED) is 0.836. The summed E-state index contributed by atoms with van der Waals surface area (Å²) in [6.45, 7) is 0.474. The summed E-state index contributed by atoms with van der Waals surface area (Å²) >= 11 is 0. The van der Waals surface area contributed by atoms with E-state index in [1.807, 2.05) is 17.8 Å². The lowest BCUT2D eigenvalue weighted by molar-refractivity contribution is 0.232. The first-order valence-corrected chi connectivity index (χ1v) is 6.26. The maximum atomic E-state index is 11.7. The molecule has 2 N–H and O–H groups in total. The molecule has 0 aliphatic heterocycles. The van der Waals surface area contributed by atoms with Gasteiger partial charge in [-0.3, -0.25) is 0 Å². The molecule has 0 saturated heterocycles. The van der Waals surface area contributed by atoms with E-state index in [1.54, 1.807) is 6.20 Å². The number of nitrogens with one attached hydrogen (secondary N) is 2. The van der Waals surface area contributed by atoms with Crippen LogP contribution in [0.4, 0.5) is 4.79 Å². The predicted molar refractivity (Wildman–Crippen MR) is 65.5 cm³/mol. The zero-order chi connectivity index (χ0) is 12.1. The normalized spacial score (nSPS) is 16.8. The SMILES string of the molecule is Cn1ccnc1CNC(=O)NC1CCCCC1. The van der Waals surface area contributed by atoms with Gasteiger partial charge >= 0.3 is 6.03 Å². The molecule has 1 fully saturated rings. The van der Waals surface area contributed by atoms with Gasteiger partial charge in [0.15, 0.2) is 0 Å². The van der Waals surface area contributed by atoms with Crippen LogP contribution in [-0.4, -0.2) is 21.6 Å². The second-order valence-corrected chi connectivity index (χ2v) is 4.62. The minimum absolute atomic E-state index is 0.0834. The van der Waals surface area contributed by atoms with E-state index in [4.69, 9.17) is 0 Å². The Bertz CT molecular complexity index is 368. The Morgan fingerprint density at radius 1 is 1.47 bits per heavy atom. The molecule has 0 bridgehead atoms. The van der Waals surface area contributed by atoms with Gasteiger partial charge in [0.05, 0.1) is 6.54 Å². The van der Waals surface area contributed by atoms with Crippen molar-refractivity contribution in [2.45, 2.75) is 44.7 Å². The highest BCUT2D eigenvalue weighted by molar-refractivity contribution is 5.74. The summed E-state index contributed by atoms with van der Waals surface area (Å²) in [6.07, 6.45) is 9.57. The molecule has 1 saturated carbocycles. The number of carbonyl (C=O) groups excluding carboxylic acids is 1. The largest absolute Gasteiger partial charge is 0.337 e. The van der Waals surface area contributed by atoms with Crippen molar-refractivity contribution < 1.29 is 4.79 Å². The lowest BCUT2D eigenvalue weighted by Crippen LogP contribution is -2.42. The second-order valence-electron chi connectivity index (χ2n) is 4.62. The molecule has 5 nitrogen and oxygen atoms in total. The summed E-state index contributed by atoms with van der Waals surface area (Å²) in [5.74, 6) is 0.865. The third-order valence-corrected chi connectivity index (χ3v) is 3.27. The second kappa shape index (κ2) is 5.70. The van der Waals surface area contributed by atoms with Gasteiger partial charge in [0.2, 0.25) is 0 Å². The molecule has 0 aromatic carbocycles. The van der Waals surface area contributed by atoms with Gasteiger partial charge in [-0.15, -0.1) is 0 Å². The van der Waals surface area contributed by atoms with E-state index in [0.29, 0.717) is 12.6 Å². The maximum Gasteiger partial charge on any atom is 0.315 e. The molecule has 2 amide bonds. The van der Waals surface area contributed by atoms with Crippen LogP contribution in [0.5, 0.6) is 0 Å². The Morgan fingerprint density at radius 3 is 2.88 bits per heavy atom. The Kier molecular flexibility index (Phi) is 4.01. The number of amides is 2. The van der Waals surface area contributed by atoms with Crippen LogP contribution in [0.2, 0.25) is 0 Å². The first kappa shape index (κ1) is 12.0. The Labute approximate surface area is 102 Å². The van der Waals surface area contributed by atoms with Gasteiger partial charge in [-0.05, 0) is 12.8 Å². The van der Waals surface area contributed by atoms with E-state index in [-0.39, 0.29) is 6.03 Å². The number of urea groups is 1. The van der Waals surface area contributed by atoms with Crippen LogP contribution < -0.4 is 10.6 Å². The summed E-state index contributed by atoms with van der Waals surface area (Å²) in [5.41, 5.74) is 0. The van der Waals surface area contributed by atoms with Crippen LogP contribution in [0.25, 0.3) is 0 Å². The predicted octanol–water partition coefficient (Wildman–Crippen LogP) is 1.55. The number of hydrogen-bond acceptors (Lipinski definition) is 2. The van der Waals surface area contributed by atoms with Crippen molar-refractivity contribution in [3.63, 3.8) is 0 Å². The first-order valence-electron chi connectivity index (χ1n) is 6.26. The summed E-state index contributed by atoms with van der Waals surface area (Å²) in [6, 6.07) is 0.269. The average Bonchev–Trinajstić information content (AvgIpc) is 2.74. The maximum absolute atomic E-state index is 11.7. The number of imidazole rings is 1. The number of rotatable bonds is 3. The van der Waals surface area contributed by atoms with Gasteiger partial charge in [0.1, 0.15) is 5.82 Å². The summed E-state index contributed by atoms with van der Waals surface area (Å²) in [4.78, 5) is 15.8. The summed E-state index contributed by atoms with van der Waals surface area (Å²) in [7, 11) is 1.92. The van der Waals surface area contributed by atoms with Crippen LogP contribution >= 0.6 is 0 Å². The number of carbonyl (C=O) groups is 1. The fraction of sp³-hybridized carbons (Fsp3) is 0.667. The van der Waals surface area contributed by atoms with E-state index in [1.165, 1.54) is 19.3 Å². The topological polar surface area (TPSA) is 59.0 Å². The molecular formula is C12H20N4O. The average molecular weight is 236 g/mol. The highest BCUT2D eigenvalue weighted by atomic mass is 16.2. The third-order valence-electron chi connectivity index (χ3n) is 3.27. The van der Waals surface area contributed by atoms with Gasteiger partial charge in [-0.2, -0.15) is 0 Å². The summed E-state index contributed by atoms with van der Waals surface area (Å²) < 4.78 is 1.90. The monoisotopic (exact) mass is 236 g/mol. The molecule has 94 valence electrons. The van der Waals surface area contributed by atoms with Crippen LogP contribution in [0.15, 0.2) is 12.4 Å². The first-order chi connectivity index (χ1) is 8.25. The number of nitrogens with zero attached hydrogens (tertiary/aromatic N) is 2. The van der Waals surface area contributed by atoms with Crippen molar-refractivity contribution in [3.8, 4) is 0 Å². The Hall–Kier alpha value is -1.52. The molecule has 1 aromatic rings. The standard InChI is InChI=1S/C12H20N4O/c1-16-8-7-13-11(16)9-14-12(17)15-10-5-3-2-4-6-10/h7-8,10H,2-6,9H2,1H3,(H2,14,15,17). The molecule has 1 aliphatic carbocycles. The highest BCUT2D eigenvalue weighted by Gasteiger charge is 2.15. The lowest BCUT2D eigenvalue weighted by Gasteiger charge is -2.22. The zero-order valence-corrected chi connectivity index (χ0v) is 10.3. The highest BCUT2D eigenvalue weighted by Crippen LogP contribution is 2.17. The van der Waals surface area contributed by atoms with Gasteiger partial charge in [-0.25, -0.2) is 9.78 Å². The molecule has 1 heterocycles. The van der Waals surface area contributed by atoms with Crippen LogP contribution in [0.3, 0.4) is 0 Å². The van der Waals surface area contributed by atoms with Crippen molar-refractivity contribution in [2.24, 2.45) is 7.05 Å². The molecular weight excluding hydrogens is 216 g/mol. The molecule has 2 rings (SSSR count). The number of hydrogen-bond donors (Lipinski definition) is 2. The van der Waals surface area contributed by atoms with Crippen molar-refractivity contribution in [1.29, 1.82) is 0 Å². The molecule has 1 aromatic heterocycles. The molecule has 0 atom stereocenters. The van der Waals surface area contributed by atoms with Crippen LogP contribution in [-0.2, 0) is 13.6 Å². The smallest absolute Gasteiger partial charge is 0.315 e. The fourth-order valence-electron chi connectivity index (χ4n) is 2.21. The number of aryl methyl sites for hydroxylation is 1. The van der Waals surface area contributed by atoms with Gasteiger partial charge < -0.3 is 15.2 Å². The van der Waals surface area contributed by atoms with E-state index < -0.39 is 0 Å². The van der Waals surface area contributed by atoms with Gasteiger partial charge in [0, 0.05) is 25.5 Å². The Morgan fingerprint density at radius 2 is 2.24 bits per heavy atom.